The summed E-state index contributed by atoms with van der Waals surface area (Å²) in [5.41, 5.74) is 2.44. The van der Waals surface area contributed by atoms with Crippen LogP contribution in [0.15, 0.2) is 5.16 Å². The van der Waals surface area contributed by atoms with Crippen molar-refractivity contribution in [2.75, 3.05) is 29.7 Å². The van der Waals surface area contributed by atoms with Crippen LogP contribution in [0.1, 0.15) is 13.8 Å². The fraction of sp³-hybridized carbons (Fsp3) is 0.625. The van der Waals surface area contributed by atoms with Gasteiger partial charge in [-0.1, -0.05) is 11.8 Å². The number of nitrogens with one attached hydrogen (secondary N) is 1. The second kappa shape index (κ2) is 5.72. The van der Waals surface area contributed by atoms with Crippen molar-refractivity contribution in [2.24, 2.45) is 5.84 Å². The molecule has 0 spiro atoms. The van der Waals surface area contributed by atoms with E-state index in [4.69, 9.17) is 5.84 Å². The highest BCUT2D eigenvalue weighted by Gasteiger charge is 2.09. The summed E-state index contributed by atoms with van der Waals surface area (Å²) < 4.78 is 0. The molecule has 0 bridgehead atoms. The highest BCUT2D eigenvalue weighted by Crippen LogP contribution is 2.15. The van der Waals surface area contributed by atoms with Crippen molar-refractivity contribution < 1.29 is 0 Å². The summed E-state index contributed by atoms with van der Waals surface area (Å²) >= 11 is 1.47. The predicted octanol–water partition coefficient (Wildman–Crippen LogP) is 0.725. The SMILES string of the molecule is CCN(CC)c1nc(NN)nc(SC)n1. The first-order valence-electron chi connectivity index (χ1n) is 4.76. The highest BCUT2D eigenvalue weighted by molar-refractivity contribution is 7.98. The normalized spacial score (nSPS) is 10.1. The molecule has 84 valence electrons. The lowest BCUT2D eigenvalue weighted by atomic mass is 10.5. The summed E-state index contributed by atoms with van der Waals surface area (Å²) in [6, 6.07) is 0. The van der Waals surface area contributed by atoms with Crippen LogP contribution < -0.4 is 16.2 Å². The minimum absolute atomic E-state index is 0.399. The van der Waals surface area contributed by atoms with Gasteiger partial charge in [0.25, 0.3) is 0 Å². The summed E-state index contributed by atoms with van der Waals surface area (Å²) in [5, 5.41) is 0.667. The molecule has 1 aromatic rings. The zero-order valence-corrected chi connectivity index (χ0v) is 10.0. The first-order chi connectivity index (χ1) is 7.24. The van der Waals surface area contributed by atoms with Gasteiger partial charge < -0.3 is 4.90 Å². The summed E-state index contributed by atoms with van der Waals surface area (Å²) in [7, 11) is 0. The minimum Gasteiger partial charge on any atom is -0.341 e. The van der Waals surface area contributed by atoms with E-state index in [1.807, 2.05) is 11.2 Å². The molecular weight excluding hydrogens is 212 g/mol. The maximum atomic E-state index is 5.29. The molecule has 0 saturated carbocycles. The second-order valence-electron chi connectivity index (χ2n) is 2.76. The van der Waals surface area contributed by atoms with Crippen molar-refractivity contribution in [1.29, 1.82) is 0 Å². The van der Waals surface area contributed by atoms with Gasteiger partial charge >= 0.3 is 0 Å². The second-order valence-corrected chi connectivity index (χ2v) is 3.54. The Balaban J connectivity index is 3.05. The van der Waals surface area contributed by atoms with Crippen LogP contribution in [-0.2, 0) is 0 Å². The number of nitrogen functional groups attached to an aromatic ring is 1. The molecule has 7 heteroatoms. The molecule has 0 saturated heterocycles. The molecule has 0 atom stereocenters. The third kappa shape index (κ3) is 2.93. The van der Waals surface area contributed by atoms with E-state index in [2.05, 4.69) is 34.2 Å². The van der Waals surface area contributed by atoms with Gasteiger partial charge in [-0.2, -0.15) is 15.0 Å². The topological polar surface area (TPSA) is 80.0 Å². The summed E-state index contributed by atoms with van der Waals surface area (Å²) in [5.74, 6) is 6.35. The Kier molecular flexibility index (Phi) is 4.57. The molecule has 0 aliphatic carbocycles. The van der Waals surface area contributed by atoms with E-state index in [-0.39, 0.29) is 0 Å². The van der Waals surface area contributed by atoms with Crippen LogP contribution in [-0.4, -0.2) is 34.3 Å². The predicted molar refractivity (Wildman–Crippen MR) is 63.0 cm³/mol. The Hall–Kier alpha value is -1.08. The van der Waals surface area contributed by atoms with Gasteiger partial charge in [-0.15, -0.1) is 0 Å². The van der Waals surface area contributed by atoms with Crippen LogP contribution in [0.2, 0.25) is 0 Å². The van der Waals surface area contributed by atoms with E-state index in [1.54, 1.807) is 0 Å². The molecule has 1 rings (SSSR count). The lowest BCUT2D eigenvalue weighted by Gasteiger charge is -2.18. The molecule has 0 aliphatic rings. The molecule has 1 aromatic heterocycles. The number of aromatic nitrogens is 3. The van der Waals surface area contributed by atoms with Crippen LogP contribution in [0.25, 0.3) is 0 Å². The number of rotatable bonds is 5. The smallest absolute Gasteiger partial charge is 0.242 e. The van der Waals surface area contributed by atoms with Gasteiger partial charge in [0.05, 0.1) is 0 Å². The van der Waals surface area contributed by atoms with Crippen molar-refractivity contribution in [3.8, 4) is 0 Å². The Morgan fingerprint density at radius 3 is 2.40 bits per heavy atom. The Bertz CT molecular complexity index is 292. The summed E-state index contributed by atoms with van der Waals surface area (Å²) in [6.45, 7) is 5.83. The van der Waals surface area contributed by atoms with Crippen LogP contribution in [0.5, 0.6) is 0 Å². The molecule has 0 fully saturated rings. The molecule has 6 nitrogen and oxygen atoms in total. The number of thioether (sulfide) groups is 1. The van der Waals surface area contributed by atoms with Crippen molar-refractivity contribution in [1.82, 2.24) is 15.0 Å². The standard InChI is InChI=1S/C8H16N6S/c1-4-14(5-2)7-10-6(13-9)11-8(12-7)15-3/h4-5,9H2,1-3H3,(H,10,11,12,13). The molecule has 0 amide bonds. The molecule has 0 unspecified atom stereocenters. The van der Waals surface area contributed by atoms with Gasteiger partial charge in [0.15, 0.2) is 5.16 Å². The number of hydrazine groups is 1. The lowest BCUT2D eigenvalue weighted by Crippen LogP contribution is -2.25. The molecule has 3 N–H and O–H groups in total. The van der Waals surface area contributed by atoms with Crippen LogP contribution in [0.3, 0.4) is 0 Å². The summed E-state index contributed by atoms with van der Waals surface area (Å²) in [6.07, 6.45) is 1.92. The maximum Gasteiger partial charge on any atom is 0.242 e. The van der Waals surface area contributed by atoms with Gasteiger partial charge in [-0.25, -0.2) is 5.84 Å². The number of nitrogens with two attached hydrogens (primary N) is 1. The first kappa shape index (κ1) is 12.0. The van der Waals surface area contributed by atoms with Gasteiger partial charge in [0.2, 0.25) is 11.9 Å². The zero-order chi connectivity index (χ0) is 11.3. The van der Waals surface area contributed by atoms with Crippen LogP contribution >= 0.6 is 11.8 Å². The molecule has 15 heavy (non-hydrogen) atoms. The van der Waals surface area contributed by atoms with E-state index < -0.39 is 0 Å². The van der Waals surface area contributed by atoms with Gasteiger partial charge in [-0.3, -0.25) is 5.43 Å². The number of anilines is 2. The van der Waals surface area contributed by atoms with Crippen LogP contribution in [0, 0.1) is 0 Å². The largest absolute Gasteiger partial charge is 0.341 e. The van der Waals surface area contributed by atoms with E-state index >= 15 is 0 Å². The van der Waals surface area contributed by atoms with Gasteiger partial charge in [-0.05, 0) is 20.1 Å². The quantitative estimate of drug-likeness (QED) is 0.437. The van der Waals surface area contributed by atoms with Crippen molar-refractivity contribution in [3.63, 3.8) is 0 Å². The monoisotopic (exact) mass is 228 g/mol. The molecule has 0 radical (unpaired) electrons. The number of nitrogens with zero attached hydrogens (tertiary/aromatic N) is 4. The van der Waals surface area contributed by atoms with E-state index in [1.165, 1.54) is 11.8 Å². The van der Waals surface area contributed by atoms with E-state index in [0.717, 1.165) is 13.1 Å². The third-order valence-electron chi connectivity index (χ3n) is 1.96. The zero-order valence-electron chi connectivity index (χ0n) is 9.19. The van der Waals surface area contributed by atoms with Gasteiger partial charge in [0.1, 0.15) is 0 Å². The number of hydrogen-bond acceptors (Lipinski definition) is 7. The van der Waals surface area contributed by atoms with Crippen molar-refractivity contribution in [3.05, 3.63) is 0 Å². The average molecular weight is 228 g/mol. The van der Waals surface area contributed by atoms with Gasteiger partial charge in [0, 0.05) is 13.1 Å². The minimum atomic E-state index is 0.399. The lowest BCUT2D eigenvalue weighted by molar-refractivity contribution is 0.784. The Labute approximate surface area is 93.7 Å². The van der Waals surface area contributed by atoms with Crippen LogP contribution in [0.4, 0.5) is 11.9 Å². The first-order valence-corrected chi connectivity index (χ1v) is 5.99. The fourth-order valence-corrected chi connectivity index (χ4v) is 1.50. The van der Waals surface area contributed by atoms with Crippen molar-refractivity contribution >= 4 is 23.7 Å². The summed E-state index contributed by atoms with van der Waals surface area (Å²) in [4.78, 5) is 14.7. The van der Waals surface area contributed by atoms with Crippen molar-refractivity contribution in [2.45, 2.75) is 19.0 Å². The fourth-order valence-electron chi connectivity index (χ4n) is 1.15. The Morgan fingerprint density at radius 2 is 1.93 bits per heavy atom. The molecule has 0 aromatic carbocycles. The molecule has 0 aliphatic heterocycles. The van der Waals surface area contributed by atoms with E-state index in [9.17, 15) is 0 Å². The molecular formula is C8H16N6S. The Morgan fingerprint density at radius 1 is 1.27 bits per heavy atom. The average Bonchev–Trinajstić information content (AvgIpc) is 2.30. The highest BCUT2D eigenvalue weighted by atomic mass is 32.2. The maximum absolute atomic E-state index is 5.29. The third-order valence-corrected chi connectivity index (χ3v) is 2.51. The molecule has 1 heterocycles. The number of hydrogen-bond donors (Lipinski definition) is 2. The van der Waals surface area contributed by atoms with E-state index in [0.29, 0.717) is 17.1 Å².